The van der Waals surface area contributed by atoms with Crippen LogP contribution in [-0.4, -0.2) is 20.1 Å². The monoisotopic (exact) mass is 353 g/mol. The molecule has 0 aliphatic rings. The first-order valence-electron chi connectivity index (χ1n) is 6.04. The molecule has 0 bridgehead atoms. The maximum Gasteiger partial charge on any atom is 0.259 e. The minimum Gasteiger partial charge on any atom is -0.493 e. The van der Waals surface area contributed by atoms with Gasteiger partial charge in [0, 0.05) is 4.47 Å². The van der Waals surface area contributed by atoms with E-state index < -0.39 is 0 Å². The zero-order valence-corrected chi connectivity index (χ0v) is 13.0. The number of halogens is 2. The summed E-state index contributed by atoms with van der Waals surface area (Å²) < 4.78 is 23.9. The highest BCUT2D eigenvalue weighted by atomic mass is 79.9. The molecule has 0 saturated heterocycles. The van der Waals surface area contributed by atoms with E-state index in [2.05, 4.69) is 21.2 Å². The van der Waals surface area contributed by atoms with Crippen molar-refractivity contribution in [1.82, 2.24) is 0 Å². The van der Waals surface area contributed by atoms with Crippen molar-refractivity contribution >= 4 is 27.5 Å². The Morgan fingerprint density at radius 2 is 1.95 bits per heavy atom. The highest BCUT2D eigenvalue weighted by molar-refractivity contribution is 9.10. The molecule has 4 nitrogen and oxygen atoms in total. The van der Waals surface area contributed by atoms with Gasteiger partial charge in [0.2, 0.25) is 0 Å². The molecule has 0 fully saturated rings. The van der Waals surface area contributed by atoms with Gasteiger partial charge >= 0.3 is 0 Å². The van der Waals surface area contributed by atoms with Crippen molar-refractivity contribution in [2.45, 2.75) is 0 Å². The number of ether oxygens (including phenoxy) is 2. The second-order valence-electron chi connectivity index (χ2n) is 4.12. The van der Waals surface area contributed by atoms with Gasteiger partial charge in [-0.05, 0) is 46.3 Å². The van der Waals surface area contributed by atoms with Crippen LogP contribution in [0.3, 0.4) is 0 Å². The van der Waals surface area contributed by atoms with Gasteiger partial charge in [-0.25, -0.2) is 4.39 Å². The maximum atomic E-state index is 13.0. The third-order valence-electron chi connectivity index (χ3n) is 2.83. The van der Waals surface area contributed by atoms with Crippen molar-refractivity contribution < 1.29 is 18.7 Å². The fourth-order valence-electron chi connectivity index (χ4n) is 1.85. The van der Waals surface area contributed by atoms with E-state index in [0.717, 1.165) is 0 Å². The minimum atomic E-state index is -0.390. The first kappa shape index (κ1) is 15.3. The molecular formula is C15H13BrFNO3. The molecular weight excluding hydrogens is 341 g/mol. The quantitative estimate of drug-likeness (QED) is 0.907. The third kappa shape index (κ3) is 3.33. The van der Waals surface area contributed by atoms with Gasteiger partial charge in [0.1, 0.15) is 5.82 Å². The van der Waals surface area contributed by atoms with Gasteiger partial charge in [0.25, 0.3) is 5.91 Å². The van der Waals surface area contributed by atoms with E-state index in [-0.39, 0.29) is 11.7 Å². The van der Waals surface area contributed by atoms with Crippen LogP contribution in [0.4, 0.5) is 10.1 Å². The fraction of sp³-hybridized carbons (Fsp3) is 0.133. The Morgan fingerprint density at radius 1 is 1.19 bits per heavy atom. The van der Waals surface area contributed by atoms with Crippen molar-refractivity contribution in [2.24, 2.45) is 0 Å². The van der Waals surface area contributed by atoms with Gasteiger partial charge in [-0.15, -0.1) is 0 Å². The topological polar surface area (TPSA) is 47.6 Å². The lowest BCUT2D eigenvalue weighted by atomic mass is 10.1. The number of hydrogen-bond acceptors (Lipinski definition) is 3. The van der Waals surface area contributed by atoms with Crippen molar-refractivity contribution in [3.05, 3.63) is 52.3 Å². The first-order chi connectivity index (χ1) is 10.1. The number of rotatable bonds is 4. The maximum absolute atomic E-state index is 13.0. The Bertz CT molecular complexity index is 676. The standard InChI is InChI=1S/C15H13BrFNO3/c1-20-13-5-3-4-10(14(13)21-2)15(19)18-12-7-6-9(17)8-11(12)16/h3-8H,1-2H3,(H,18,19). The average Bonchev–Trinajstić information content (AvgIpc) is 2.49. The van der Waals surface area contributed by atoms with Crippen LogP contribution in [0.25, 0.3) is 0 Å². The molecule has 1 amide bonds. The van der Waals surface area contributed by atoms with Gasteiger partial charge in [-0.3, -0.25) is 4.79 Å². The molecule has 0 saturated carbocycles. The normalized spacial score (nSPS) is 10.1. The number of methoxy groups -OCH3 is 2. The molecule has 0 heterocycles. The molecule has 0 aliphatic heterocycles. The zero-order chi connectivity index (χ0) is 15.4. The smallest absolute Gasteiger partial charge is 0.259 e. The van der Waals surface area contributed by atoms with E-state index in [1.54, 1.807) is 18.2 Å². The van der Waals surface area contributed by atoms with Crippen LogP contribution in [0.5, 0.6) is 11.5 Å². The largest absolute Gasteiger partial charge is 0.493 e. The van der Waals surface area contributed by atoms with Crippen LogP contribution in [0, 0.1) is 5.82 Å². The average molecular weight is 354 g/mol. The highest BCUT2D eigenvalue weighted by Gasteiger charge is 2.17. The van der Waals surface area contributed by atoms with Crippen molar-refractivity contribution in [3.63, 3.8) is 0 Å². The minimum absolute atomic E-state index is 0.327. The van der Waals surface area contributed by atoms with Gasteiger partial charge < -0.3 is 14.8 Å². The molecule has 0 atom stereocenters. The number of benzene rings is 2. The van der Waals surface area contributed by atoms with Crippen LogP contribution < -0.4 is 14.8 Å². The number of para-hydroxylation sites is 1. The summed E-state index contributed by atoms with van der Waals surface area (Å²) in [7, 11) is 2.96. The Morgan fingerprint density at radius 3 is 2.57 bits per heavy atom. The predicted octanol–water partition coefficient (Wildman–Crippen LogP) is 3.86. The first-order valence-corrected chi connectivity index (χ1v) is 6.83. The van der Waals surface area contributed by atoms with Crippen molar-refractivity contribution in [1.29, 1.82) is 0 Å². The fourth-order valence-corrected chi connectivity index (χ4v) is 2.30. The van der Waals surface area contributed by atoms with Crippen molar-refractivity contribution in [2.75, 3.05) is 19.5 Å². The molecule has 2 aromatic rings. The van der Waals surface area contributed by atoms with Crippen LogP contribution >= 0.6 is 15.9 Å². The van der Waals surface area contributed by atoms with Crippen molar-refractivity contribution in [3.8, 4) is 11.5 Å². The second-order valence-corrected chi connectivity index (χ2v) is 4.97. The molecule has 0 radical (unpaired) electrons. The van der Waals surface area contributed by atoms with E-state index in [1.165, 1.54) is 32.4 Å². The summed E-state index contributed by atoms with van der Waals surface area (Å²) in [6.45, 7) is 0. The summed E-state index contributed by atoms with van der Waals surface area (Å²) in [5.74, 6) is 0.0379. The van der Waals surface area contributed by atoms with Gasteiger partial charge in [-0.1, -0.05) is 6.07 Å². The van der Waals surface area contributed by atoms with Crippen LogP contribution in [-0.2, 0) is 0 Å². The van der Waals surface area contributed by atoms with E-state index in [0.29, 0.717) is 27.2 Å². The SMILES string of the molecule is COc1cccc(C(=O)Nc2ccc(F)cc2Br)c1OC. The Kier molecular flexibility index (Phi) is 4.80. The predicted molar refractivity (Wildman–Crippen MR) is 81.6 cm³/mol. The Labute approximate surface area is 130 Å². The van der Waals surface area contributed by atoms with Crippen LogP contribution in [0.15, 0.2) is 40.9 Å². The molecule has 21 heavy (non-hydrogen) atoms. The summed E-state index contributed by atoms with van der Waals surface area (Å²) in [6, 6.07) is 9.03. The summed E-state index contributed by atoms with van der Waals surface area (Å²) in [5.41, 5.74) is 0.791. The molecule has 0 spiro atoms. The van der Waals surface area contributed by atoms with Gasteiger partial charge in [-0.2, -0.15) is 0 Å². The molecule has 1 N–H and O–H groups in total. The molecule has 0 aliphatic carbocycles. The molecule has 6 heteroatoms. The molecule has 2 rings (SSSR count). The summed E-state index contributed by atoms with van der Waals surface area (Å²) >= 11 is 3.20. The van der Waals surface area contributed by atoms with Gasteiger partial charge in [0.05, 0.1) is 25.5 Å². The lowest BCUT2D eigenvalue weighted by Crippen LogP contribution is -2.14. The molecule has 0 aromatic heterocycles. The summed E-state index contributed by atoms with van der Waals surface area (Å²) in [5, 5.41) is 2.69. The van der Waals surface area contributed by atoms with E-state index in [1.807, 2.05) is 0 Å². The third-order valence-corrected chi connectivity index (χ3v) is 3.48. The molecule has 2 aromatic carbocycles. The number of carbonyl (C=O) groups excluding carboxylic acids is 1. The molecule has 110 valence electrons. The summed E-state index contributed by atoms with van der Waals surface area (Å²) in [6.07, 6.45) is 0. The lowest BCUT2D eigenvalue weighted by molar-refractivity contribution is 0.102. The van der Waals surface area contributed by atoms with E-state index in [9.17, 15) is 9.18 Å². The van der Waals surface area contributed by atoms with E-state index in [4.69, 9.17) is 9.47 Å². The second kappa shape index (κ2) is 6.58. The zero-order valence-electron chi connectivity index (χ0n) is 11.4. The number of amides is 1. The van der Waals surface area contributed by atoms with Crippen LogP contribution in [0.2, 0.25) is 0 Å². The number of anilines is 1. The van der Waals surface area contributed by atoms with Gasteiger partial charge in [0.15, 0.2) is 11.5 Å². The number of carbonyl (C=O) groups is 1. The Balaban J connectivity index is 2.32. The molecule has 0 unspecified atom stereocenters. The van der Waals surface area contributed by atoms with E-state index >= 15 is 0 Å². The Hall–Kier alpha value is -2.08. The highest BCUT2D eigenvalue weighted by Crippen LogP contribution is 2.32. The number of nitrogens with one attached hydrogen (secondary N) is 1. The summed E-state index contributed by atoms with van der Waals surface area (Å²) in [4.78, 5) is 12.3. The van der Waals surface area contributed by atoms with Crippen LogP contribution in [0.1, 0.15) is 10.4 Å². The number of hydrogen-bond donors (Lipinski definition) is 1. The lowest BCUT2D eigenvalue weighted by Gasteiger charge is -2.13.